The number of amides is 2. The number of piperazine rings is 2. The van der Waals surface area contributed by atoms with Crippen molar-refractivity contribution < 1.29 is 9.59 Å². The average Bonchev–Trinajstić information content (AvgIpc) is 3.10. The van der Waals surface area contributed by atoms with Crippen molar-refractivity contribution in [3.63, 3.8) is 0 Å². The summed E-state index contributed by atoms with van der Waals surface area (Å²) < 4.78 is 0. The minimum atomic E-state index is -0.327. The van der Waals surface area contributed by atoms with Crippen LogP contribution in [0.2, 0.25) is 0 Å². The Morgan fingerprint density at radius 3 is 1.94 bits per heavy atom. The lowest BCUT2D eigenvalue weighted by molar-refractivity contribution is -0.178. The molecule has 10 fully saturated rings. The third-order valence-corrected chi connectivity index (χ3v) is 16.5. The van der Waals surface area contributed by atoms with E-state index in [0.717, 1.165) is 84.2 Å². The van der Waals surface area contributed by atoms with Crippen molar-refractivity contribution in [3.8, 4) is 0 Å². The average molecular weight is 703 g/mol. The van der Waals surface area contributed by atoms with Gasteiger partial charge in [0.05, 0.1) is 10.8 Å². The quantitative estimate of drug-likeness (QED) is 0.349. The molecule has 278 valence electrons. The van der Waals surface area contributed by atoms with E-state index in [2.05, 4.69) is 103 Å². The fourth-order valence-corrected chi connectivity index (χ4v) is 16.3. The number of hydrogen-bond donors (Lipinski definition) is 2. The topological polar surface area (TPSA) is 64.7 Å². The number of carbonyl (C=O) groups excluding carboxylic acids is 2. The predicted octanol–water partition coefficient (Wildman–Crippen LogP) is 7.11. The van der Waals surface area contributed by atoms with Crippen molar-refractivity contribution in [1.82, 2.24) is 20.4 Å². The predicted molar refractivity (Wildman–Crippen MR) is 206 cm³/mol. The van der Waals surface area contributed by atoms with E-state index in [9.17, 15) is 4.79 Å². The molecule has 0 spiro atoms. The Balaban J connectivity index is 1.02. The van der Waals surface area contributed by atoms with Crippen molar-refractivity contribution in [1.29, 1.82) is 0 Å². The molecule has 2 heterocycles. The van der Waals surface area contributed by atoms with Crippen LogP contribution in [0.1, 0.15) is 121 Å². The van der Waals surface area contributed by atoms with Crippen LogP contribution in [0.5, 0.6) is 0 Å². The molecule has 8 aliphatic carbocycles. The van der Waals surface area contributed by atoms with E-state index in [1.54, 1.807) is 0 Å². The van der Waals surface area contributed by atoms with E-state index in [0.29, 0.717) is 23.8 Å². The van der Waals surface area contributed by atoms with Crippen LogP contribution in [0.15, 0.2) is 54.6 Å². The summed E-state index contributed by atoms with van der Waals surface area (Å²) in [5.41, 5.74) is 4.28. The summed E-state index contributed by atoms with van der Waals surface area (Å²) in [7, 11) is 0. The lowest BCUT2D eigenvalue weighted by Crippen LogP contribution is -2.68. The van der Waals surface area contributed by atoms with Crippen LogP contribution in [0.25, 0.3) is 0 Å². The first-order valence-electron chi connectivity index (χ1n) is 21.0. The molecule has 2 saturated heterocycles. The molecule has 2 aromatic rings. The van der Waals surface area contributed by atoms with Gasteiger partial charge >= 0.3 is 0 Å². The van der Waals surface area contributed by atoms with Crippen LogP contribution in [0.3, 0.4) is 0 Å². The van der Waals surface area contributed by atoms with E-state index in [-0.39, 0.29) is 43.9 Å². The highest BCUT2D eigenvalue weighted by Gasteiger charge is 2.70. The van der Waals surface area contributed by atoms with Crippen molar-refractivity contribution in [3.05, 3.63) is 71.3 Å². The van der Waals surface area contributed by atoms with E-state index in [4.69, 9.17) is 0 Å². The van der Waals surface area contributed by atoms with E-state index in [1.807, 2.05) is 0 Å². The Kier molecular flexibility index (Phi) is 7.28. The smallest absolute Gasteiger partial charge is 0.229 e. The van der Waals surface area contributed by atoms with Crippen molar-refractivity contribution in [2.75, 3.05) is 39.3 Å². The van der Waals surface area contributed by atoms with Gasteiger partial charge in [0.15, 0.2) is 0 Å². The van der Waals surface area contributed by atoms with Gasteiger partial charge < -0.3 is 20.4 Å². The summed E-state index contributed by atoms with van der Waals surface area (Å²) in [6.45, 7) is 14.7. The third kappa shape index (κ3) is 4.94. The molecular weight excluding hydrogens is 641 g/mol. The number of nitrogens with zero attached hydrogens (tertiary/aromatic N) is 2. The van der Waals surface area contributed by atoms with E-state index >= 15 is 4.79 Å². The third-order valence-electron chi connectivity index (χ3n) is 16.5. The Bertz CT molecular complexity index is 1780. The first-order chi connectivity index (χ1) is 24.8. The fourth-order valence-electron chi connectivity index (χ4n) is 16.3. The van der Waals surface area contributed by atoms with Gasteiger partial charge in [0.1, 0.15) is 0 Å². The van der Waals surface area contributed by atoms with Gasteiger partial charge in [-0.15, -0.1) is 0 Å². The van der Waals surface area contributed by atoms with E-state index in [1.165, 1.54) is 48.8 Å². The van der Waals surface area contributed by atoms with Gasteiger partial charge in [0.2, 0.25) is 11.8 Å². The minimum absolute atomic E-state index is 0.0130. The standard InChI is InChI=1S/C46H62N4O2/c1-32-22-49(16-15-48-32)38(51)43-20-34-18-40(3,24-43)23-42(19-34,28-43)36-10-12-37(13-11-36)45-26-41(4)25-44(29-45,35-8-6-5-7-9-35)30-46(27-41,31-45)39(52)50-17-14-47-21-33(50)2/h5-13,32-34,47-48H,14-31H2,1-4H3/t32-,33-,34?,40?,41?,42?,43?,44?,45?,46?/m0/s1. The number of hydrogen-bond acceptors (Lipinski definition) is 4. The zero-order valence-corrected chi connectivity index (χ0v) is 32.4. The summed E-state index contributed by atoms with van der Waals surface area (Å²) in [4.78, 5) is 34.1. The second kappa shape index (κ2) is 11.2. The van der Waals surface area contributed by atoms with Gasteiger partial charge in [-0.25, -0.2) is 0 Å². The molecule has 2 amide bonds. The van der Waals surface area contributed by atoms with Crippen molar-refractivity contribution in [2.24, 2.45) is 27.6 Å². The van der Waals surface area contributed by atoms with Gasteiger partial charge in [-0.2, -0.15) is 0 Å². The Labute approximate surface area is 312 Å². The van der Waals surface area contributed by atoms with Crippen LogP contribution in [-0.2, 0) is 25.8 Å². The van der Waals surface area contributed by atoms with E-state index < -0.39 is 0 Å². The number of carbonyl (C=O) groups is 2. The molecule has 6 nitrogen and oxygen atoms in total. The first kappa shape index (κ1) is 33.8. The van der Waals surface area contributed by atoms with Crippen molar-refractivity contribution >= 4 is 11.8 Å². The second-order valence-corrected chi connectivity index (χ2v) is 21.2. The first-order valence-corrected chi connectivity index (χ1v) is 21.0. The highest BCUT2D eigenvalue weighted by molar-refractivity contribution is 5.85. The Morgan fingerprint density at radius 2 is 1.27 bits per heavy atom. The molecule has 8 unspecified atom stereocenters. The maximum atomic E-state index is 15.1. The highest BCUT2D eigenvalue weighted by atomic mass is 16.2. The normalized spacial score (nSPS) is 46.1. The lowest BCUT2D eigenvalue weighted by atomic mass is 9.33. The molecule has 12 rings (SSSR count). The second-order valence-electron chi connectivity index (χ2n) is 21.2. The van der Waals surface area contributed by atoms with Crippen molar-refractivity contribution in [2.45, 2.75) is 133 Å². The van der Waals surface area contributed by atoms with Gasteiger partial charge in [-0.05, 0) is 141 Å². The summed E-state index contributed by atoms with van der Waals surface area (Å²) >= 11 is 0. The molecule has 0 radical (unpaired) electrons. The Morgan fingerprint density at radius 1 is 0.635 bits per heavy atom. The molecule has 52 heavy (non-hydrogen) atoms. The van der Waals surface area contributed by atoms with Gasteiger partial charge in [-0.1, -0.05) is 68.4 Å². The van der Waals surface area contributed by atoms with Crippen LogP contribution in [0.4, 0.5) is 0 Å². The van der Waals surface area contributed by atoms with Gasteiger partial charge in [0.25, 0.3) is 0 Å². The van der Waals surface area contributed by atoms with Crippen LogP contribution in [0, 0.1) is 27.6 Å². The lowest BCUT2D eigenvalue weighted by Gasteiger charge is -2.70. The maximum Gasteiger partial charge on any atom is 0.229 e. The molecule has 8 saturated carbocycles. The molecule has 6 heteroatoms. The summed E-state index contributed by atoms with van der Waals surface area (Å²) in [5, 5.41) is 7.09. The molecule has 8 bridgehead atoms. The summed E-state index contributed by atoms with van der Waals surface area (Å²) in [6.07, 6.45) is 13.4. The highest BCUT2D eigenvalue weighted by Crippen LogP contribution is 2.75. The molecule has 10 aliphatic rings. The SMILES string of the molecule is C[C@H]1CN(C(=O)C23CC4CC(C)(C2)CC(c2ccc(C56CC7(C)CC(C(=O)N8CCNC[C@@H]8C)(CC(c8ccccc8)(C7)C5)C6)cc2)(C4)C3)CCN1. The number of nitrogens with one attached hydrogen (secondary N) is 2. The zero-order chi connectivity index (χ0) is 35.8. The molecule has 10 atom stereocenters. The fraction of sp³-hybridized carbons (Fsp3) is 0.696. The molecule has 0 aromatic heterocycles. The molecule has 2 aromatic carbocycles. The van der Waals surface area contributed by atoms with Gasteiger partial charge in [-0.3, -0.25) is 9.59 Å². The molecular formula is C46H62N4O2. The maximum absolute atomic E-state index is 15.1. The largest absolute Gasteiger partial charge is 0.339 e. The summed E-state index contributed by atoms with van der Waals surface area (Å²) in [6, 6.07) is 22.0. The van der Waals surface area contributed by atoms with Gasteiger partial charge in [0, 0.05) is 51.4 Å². The molecule has 2 N–H and O–H groups in total. The monoisotopic (exact) mass is 702 g/mol. The van der Waals surface area contributed by atoms with Crippen LogP contribution >= 0.6 is 0 Å². The number of benzene rings is 2. The number of rotatable bonds is 5. The minimum Gasteiger partial charge on any atom is -0.339 e. The molecule has 2 aliphatic heterocycles. The van der Waals surface area contributed by atoms with Crippen LogP contribution in [-0.4, -0.2) is 73.0 Å². The zero-order valence-electron chi connectivity index (χ0n) is 32.4. The summed E-state index contributed by atoms with van der Waals surface area (Å²) in [5.74, 6) is 1.53. The Hall–Kier alpha value is -2.70. The van der Waals surface area contributed by atoms with Crippen LogP contribution < -0.4 is 10.6 Å².